The average molecular weight is 303 g/mol. The van der Waals surface area contributed by atoms with E-state index in [2.05, 4.69) is 4.90 Å². The van der Waals surface area contributed by atoms with Gasteiger partial charge >= 0.3 is 5.97 Å². The standard InChI is InChI=1S/C13H16Cl2N2O2/c14-11-5-10(6-12(15)7-11)8-16-1-3-17(4-2-16)9-13(18)19/h5-7H,1-4,8-9H2,(H,18,19). The van der Waals surface area contributed by atoms with E-state index in [0.29, 0.717) is 10.0 Å². The molecule has 0 spiro atoms. The van der Waals surface area contributed by atoms with E-state index < -0.39 is 5.97 Å². The first kappa shape index (κ1) is 14.6. The van der Waals surface area contributed by atoms with Crippen LogP contribution in [0.15, 0.2) is 18.2 Å². The van der Waals surface area contributed by atoms with Crippen molar-refractivity contribution in [2.75, 3.05) is 32.7 Å². The van der Waals surface area contributed by atoms with Gasteiger partial charge in [0.05, 0.1) is 6.54 Å². The first-order chi connectivity index (χ1) is 9.02. The van der Waals surface area contributed by atoms with Gasteiger partial charge in [-0.2, -0.15) is 0 Å². The largest absolute Gasteiger partial charge is 0.480 e. The number of aliphatic carboxylic acids is 1. The zero-order valence-corrected chi connectivity index (χ0v) is 12.0. The number of carboxylic acids is 1. The molecule has 0 atom stereocenters. The summed E-state index contributed by atoms with van der Waals surface area (Å²) >= 11 is 11.9. The van der Waals surface area contributed by atoms with E-state index in [0.717, 1.165) is 38.3 Å². The Labute approximate surface area is 122 Å². The van der Waals surface area contributed by atoms with E-state index in [1.807, 2.05) is 17.0 Å². The third-order valence-electron chi connectivity index (χ3n) is 3.15. The summed E-state index contributed by atoms with van der Waals surface area (Å²) in [5.41, 5.74) is 1.09. The van der Waals surface area contributed by atoms with Crippen LogP contribution < -0.4 is 0 Å². The maximum absolute atomic E-state index is 10.6. The second-order valence-electron chi connectivity index (χ2n) is 4.72. The molecule has 6 heteroatoms. The first-order valence-corrected chi connectivity index (χ1v) is 6.90. The fourth-order valence-electron chi connectivity index (χ4n) is 2.26. The van der Waals surface area contributed by atoms with Crippen molar-refractivity contribution in [3.8, 4) is 0 Å². The molecule has 1 N–H and O–H groups in total. The Bertz CT molecular complexity index is 440. The lowest BCUT2D eigenvalue weighted by Crippen LogP contribution is -2.47. The molecule has 0 aliphatic carbocycles. The van der Waals surface area contributed by atoms with Crippen LogP contribution in [0, 0.1) is 0 Å². The predicted octanol–water partition coefficient (Wildman–Crippen LogP) is 2.20. The maximum atomic E-state index is 10.6. The van der Waals surface area contributed by atoms with Crippen LogP contribution in [0.1, 0.15) is 5.56 Å². The summed E-state index contributed by atoms with van der Waals surface area (Å²) in [5, 5.41) is 10.0. The van der Waals surface area contributed by atoms with Gasteiger partial charge < -0.3 is 5.11 Å². The van der Waals surface area contributed by atoms with Gasteiger partial charge in [-0.05, 0) is 23.8 Å². The van der Waals surface area contributed by atoms with E-state index in [9.17, 15) is 4.79 Å². The number of piperazine rings is 1. The number of rotatable bonds is 4. The summed E-state index contributed by atoms with van der Waals surface area (Å²) in [5.74, 6) is -0.768. The molecule has 4 nitrogen and oxygen atoms in total. The molecular weight excluding hydrogens is 287 g/mol. The lowest BCUT2D eigenvalue weighted by molar-refractivity contribution is -0.138. The summed E-state index contributed by atoms with van der Waals surface area (Å²) in [6.07, 6.45) is 0. The Kier molecular flexibility index (Phi) is 5.05. The third-order valence-corrected chi connectivity index (χ3v) is 3.59. The smallest absolute Gasteiger partial charge is 0.317 e. The van der Waals surface area contributed by atoms with Crippen LogP contribution in [0.25, 0.3) is 0 Å². The highest BCUT2D eigenvalue weighted by atomic mass is 35.5. The number of nitrogens with zero attached hydrogens (tertiary/aromatic N) is 2. The van der Waals surface area contributed by atoms with Crippen molar-refractivity contribution in [1.29, 1.82) is 0 Å². The van der Waals surface area contributed by atoms with Gasteiger partial charge in [-0.25, -0.2) is 0 Å². The van der Waals surface area contributed by atoms with Gasteiger partial charge in [0.15, 0.2) is 0 Å². The number of carboxylic acid groups (broad SMARTS) is 1. The van der Waals surface area contributed by atoms with Crippen LogP contribution >= 0.6 is 23.2 Å². The van der Waals surface area contributed by atoms with E-state index in [1.54, 1.807) is 6.07 Å². The normalized spacial score (nSPS) is 17.6. The third kappa shape index (κ3) is 4.66. The lowest BCUT2D eigenvalue weighted by atomic mass is 10.2. The van der Waals surface area contributed by atoms with Gasteiger partial charge in [0, 0.05) is 42.8 Å². The molecule has 1 heterocycles. The molecule has 19 heavy (non-hydrogen) atoms. The van der Waals surface area contributed by atoms with Crippen LogP contribution in [0.5, 0.6) is 0 Å². The topological polar surface area (TPSA) is 43.8 Å². The second kappa shape index (κ2) is 6.57. The quantitative estimate of drug-likeness (QED) is 0.926. The van der Waals surface area contributed by atoms with Crippen molar-refractivity contribution in [2.24, 2.45) is 0 Å². The van der Waals surface area contributed by atoms with E-state index in [4.69, 9.17) is 28.3 Å². The number of hydrogen-bond donors (Lipinski definition) is 1. The van der Waals surface area contributed by atoms with Crippen LogP contribution in [0.3, 0.4) is 0 Å². The molecular formula is C13H16Cl2N2O2. The van der Waals surface area contributed by atoms with Gasteiger partial charge in [0.2, 0.25) is 0 Å². The average Bonchev–Trinajstić information content (AvgIpc) is 2.29. The van der Waals surface area contributed by atoms with Gasteiger partial charge in [0.25, 0.3) is 0 Å². The molecule has 0 amide bonds. The second-order valence-corrected chi connectivity index (χ2v) is 5.60. The molecule has 1 saturated heterocycles. The Hall–Kier alpha value is -0.810. The molecule has 104 valence electrons. The minimum atomic E-state index is -0.768. The Morgan fingerprint density at radius 1 is 1.05 bits per heavy atom. The molecule has 1 aliphatic rings. The Morgan fingerprint density at radius 3 is 2.11 bits per heavy atom. The fourth-order valence-corrected chi connectivity index (χ4v) is 2.83. The van der Waals surface area contributed by atoms with Crippen molar-refractivity contribution in [3.63, 3.8) is 0 Å². The summed E-state index contributed by atoms with van der Waals surface area (Å²) in [7, 11) is 0. The number of halogens is 2. The van der Waals surface area contributed by atoms with Crippen LogP contribution in [0.2, 0.25) is 10.0 Å². The van der Waals surface area contributed by atoms with Crippen molar-refractivity contribution in [3.05, 3.63) is 33.8 Å². The van der Waals surface area contributed by atoms with Gasteiger partial charge in [-0.3, -0.25) is 14.6 Å². The minimum Gasteiger partial charge on any atom is -0.480 e. The monoisotopic (exact) mass is 302 g/mol. The van der Waals surface area contributed by atoms with Crippen molar-refractivity contribution >= 4 is 29.2 Å². The van der Waals surface area contributed by atoms with Crippen molar-refractivity contribution < 1.29 is 9.90 Å². The van der Waals surface area contributed by atoms with E-state index in [-0.39, 0.29) is 6.54 Å². The molecule has 1 aromatic rings. The minimum absolute atomic E-state index is 0.122. The molecule has 0 aromatic heterocycles. The van der Waals surface area contributed by atoms with E-state index in [1.165, 1.54) is 0 Å². The number of hydrogen-bond acceptors (Lipinski definition) is 3. The van der Waals surface area contributed by atoms with Gasteiger partial charge in [-0.1, -0.05) is 23.2 Å². The van der Waals surface area contributed by atoms with Crippen molar-refractivity contribution in [1.82, 2.24) is 9.80 Å². The van der Waals surface area contributed by atoms with Gasteiger partial charge in [0.1, 0.15) is 0 Å². The zero-order valence-electron chi connectivity index (χ0n) is 10.5. The zero-order chi connectivity index (χ0) is 13.8. The fraction of sp³-hybridized carbons (Fsp3) is 0.462. The molecule has 1 fully saturated rings. The maximum Gasteiger partial charge on any atom is 0.317 e. The molecule has 0 radical (unpaired) electrons. The van der Waals surface area contributed by atoms with E-state index >= 15 is 0 Å². The highest BCUT2D eigenvalue weighted by Crippen LogP contribution is 2.20. The SMILES string of the molecule is O=C(O)CN1CCN(Cc2cc(Cl)cc(Cl)c2)CC1. The van der Waals surface area contributed by atoms with Gasteiger partial charge in [-0.15, -0.1) is 0 Å². The first-order valence-electron chi connectivity index (χ1n) is 6.14. The lowest BCUT2D eigenvalue weighted by Gasteiger charge is -2.33. The molecule has 0 saturated carbocycles. The molecule has 1 aliphatic heterocycles. The van der Waals surface area contributed by atoms with Crippen LogP contribution in [-0.2, 0) is 11.3 Å². The Balaban J connectivity index is 1.86. The summed E-state index contributed by atoms with van der Waals surface area (Å²) < 4.78 is 0. The summed E-state index contributed by atoms with van der Waals surface area (Å²) in [4.78, 5) is 14.9. The summed E-state index contributed by atoms with van der Waals surface area (Å²) in [6, 6.07) is 5.55. The molecule has 1 aromatic carbocycles. The molecule has 0 bridgehead atoms. The number of benzene rings is 1. The highest BCUT2D eigenvalue weighted by Gasteiger charge is 2.18. The van der Waals surface area contributed by atoms with Crippen LogP contribution in [-0.4, -0.2) is 53.6 Å². The van der Waals surface area contributed by atoms with Crippen molar-refractivity contribution in [2.45, 2.75) is 6.54 Å². The molecule has 2 rings (SSSR count). The molecule has 0 unspecified atom stereocenters. The summed E-state index contributed by atoms with van der Waals surface area (Å²) in [6.45, 7) is 4.19. The predicted molar refractivity (Wildman–Crippen MR) is 75.8 cm³/mol. The highest BCUT2D eigenvalue weighted by molar-refractivity contribution is 6.34. The van der Waals surface area contributed by atoms with Crippen LogP contribution in [0.4, 0.5) is 0 Å². The number of carbonyl (C=O) groups is 1. The Morgan fingerprint density at radius 2 is 1.58 bits per heavy atom.